The van der Waals surface area contributed by atoms with Crippen LogP contribution in [0.2, 0.25) is 0 Å². The number of fused-ring (bicyclic) bond motifs is 1. The SMILES string of the molecule is CCc1ccc(CC(NC)C2Cc3ccccc3O2)cc1. The van der Waals surface area contributed by atoms with Crippen LogP contribution in [-0.4, -0.2) is 19.2 Å². The molecule has 2 unspecified atom stereocenters. The van der Waals surface area contributed by atoms with Crippen LogP contribution in [0.15, 0.2) is 48.5 Å². The molecule has 2 nitrogen and oxygen atoms in total. The molecule has 0 amide bonds. The molecule has 0 aromatic heterocycles. The second-order valence-electron chi connectivity index (χ2n) is 5.74. The molecule has 0 fully saturated rings. The van der Waals surface area contributed by atoms with Crippen LogP contribution in [0.3, 0.4) is 0 Å². The fraction of sp³-hybridized carbons (Fsp3) is 0.368. The van der Waals surface area contributed by atoms with E-state index in [2.05, 4.69) is 54.7 Å². The zero-order valence-corrected chi connectivity index (χ0v) is 12.8. The standard InChI is InChI=1S/C19H23NO/c1-3-14-8-10-15(11-9-14)12-17(20-2)19-13-16-6-4-5-7-18(16)21-19/h4-11,17,19-20H,3,12-13H2,1-2H3. The Bertz CT molecular complexity index is 566. The fourth-order valence-electron chi connectivity index (χ4n) is 3.02. The van der Waals surface area contributed by atoms with Crippen LogP contribution < -0.4 is 10.1 Å². The first-order valence-electron chi connectivity index (χ1n) is 7.79. The Morgan fingerprint density at radius 3 is 2.48 bits per heavy atom. The van der Waals surface area contributed by atoms with Crippen LogP contribution in [0.1, 0.15) is 23.6 Å². The van der Waals surface area contributed by atoms with E-state index in [1.807, 2.05) is 13.1 Å². The molecular formula is C19H23NO. The Hall–Kier alpha value is -1.80. The predicted octanol–water partition coefficient (Wildman–Crippen LogP) is 3.38. The van der Waals surface area contributed by atoms with E-state index in [1.165, 1.54) is 16.7 Å². The average molecular weight is 281 g/mol. The molecule has 0 aliphatic carbocycles. The molecule has 0 saturated heterocycles. The minimum atomic E-state index is 0.221. The summed E-state index contributed by atoms with van der Waals surface area (Å²) in [4.78, 5) is 0. The lowest BCUT2D eigenvalue weighted by Gasteiger charge is -2.23. The fourth-order valence-corrected chi connectivity index (χ4v) is 3.02. The molecule has 2 heteroatoms. The predicted molar refractivity (Wildman–Crippen MR) is 86.9 cm³/mol. The van der Waals surface area contributed by atoms with Gasteiger partial charge in [-0.25, -0.2) is 0 Å². The molecule has 0 radical (unpaired) electrons. The lowest BCUT2D eigenvalue weighted by atomic mass is 9.97. The van der Waals surface area contributed by atoms with Crippen molar-refractivity contribution >= 4 is 0 Å². The molecule has 1 N–H and O–H groups in total. The smallest absolute Gasteiger partial charge is 0.123 e. The summed E-state index contributed by atoms with van der Waals surface area (Å²) in [6.07, 6.45) is 3.31. The van der Waals surface area contributed by atoms with Crippen molar-refractivity contribution in [1.82, 2.24) is 5.32 Å². The Morgan fingerprint density at radius 2 is 1.81 bits per heavy atom. The minimum absolute atomic E-state index is 0.221. The summed E-state index contributed by atoms with van der Waals surface area (Å²) in [5.41, 5.74) is 4.08. The third kappa shape index (κ3) is 3.11. The van der Waals surface area contributed by atoms with Crippen molar-refractivity contribution in [3.8, 4) is 5.75 Å². The van der Waals surface area contributed by atoms with Crippen molar-refractivity contribution < 1.29 is 4.74 Å². The molecule has 21 heavy (non-hydrogen) atoms. The molecule has 3 rings (SSSR count). The van der Waals surface area contributed by atoms with E-state index in [0.717, 1.165) is 25.0 Å². The summed E-state index contributed by atoms with van der Waals surface area (Å²) in [6, 6.07) is 17.6. The van der Waals surface area contributed by atoms with Crippen molar-refractivity contribution in [2.24, 2.45) is 0 Å². The number of ether oxygens (including phenoxy) is 1. The Morgan fingerprint density at radius 1 is 1.10 bits per heavy atom. The van der Waals surface area contributed by atoms with Gasteiger partial charge in [-0.15, -0.1) is 0 Å². The summed E-state index contributed by atoms with van der Waals surface area (Å²) < 4.78 is 6.11. The lowest BCUT2D eigenvalue weighted by Crippen LogP contribution is -2.42. The van der Waals surface area contributed by atoms with Gasteiger partial charge in [-0.05, 0) is 42.6 Å². The number of likely N-dealkylation sites (N-methyl/N-ethyl adjacent to an activating group) is 1. The van der Waals surface area contributed by atoms with Gasteiger partial charge >= 0.3 is 0 Å². The molecule has 2 atom stereocenters. The molecule has 0 spiro atoms. The van der Waals surface area contributed by atoms with Gasteiger partial charge in [-0.2, -0.15) is 0 Å². The summed E-state index contributed by atoms with van der Waals surface area (Å²) in [6.45, 7) is 2.19. The van der Waals surface area contributed by atoms with Crippen LogP contribution in [-0.2, 0) is 19.3 Å². The second kappa shape index (κ2) is 6.31. The zero-order valence-electron chi connectivity index (χ0n) is 12.8. The molecule has 1 aliphatic heterocycles. The topological polar surface area (TPSA) is 21.3 Å². The number of aryl methyl sites for hydroxylation is 1. The third-order valence-electron chi connectivity index (χ3n) is 4.38. The van der Waals surface area contributed by atoms with E-state index < -0.39 is 0 Å². The number of hydrogen-bond donors (Lipinski definition) is 1. The molecule has 1 heterocycles. The quantitative estimate of drug-likeness (QED) is 0.907. The van der Waals surface area contributed by atoms with E-state index in [0.29, 0.717) is 6.04 Å². The Balaban J connectivity index is 1.68. The van der Waals surface area contributed by atoms with Crippen molar-refractivity contribution in [2.75, 3.05) is 7.05 Å². The lowest BCUT2D eigenvalue weighted by molar-refractivity contribution is 0.182. The molecular weight excluding hydrogens is 258 g/mol. The first-order chi connectivity index (χ1) is 10.3. The number of rotatable bonds is 5. The summed E-state index contributed by atoms with van der Waals surface area (Å²) >= 11 is 0. The van der Waals surface area contributed by atoms with E-state index in [1.54, 1.807) is 0 Å². The van der Waals surface area contributed by atoms with Gasteiger partial charge in [0, 0.05) is 12.5 Å². The molecule has 2 aromatic rings. The monoisotopic (exact) mass is 281 g/mol. The first kappa shape index (κ1) is 14.2. The van der Waals surface area contributed by atoms with Crippen LogP contribution in [0.4, 0.5) is 0 Å². The van der Waals surface area contributed by atoms with Gasteiger partial charge in [-0.1, -0.05) is 49.4 Å². The molecule has 2 aromatic carbocycles. The third-order valence-corrected chi connectivity index (χ3v) is 4.38. The van der Waals surface area contributed by atoms with E-state index in [-0.39, 0.29) is 6.10 Å². The number of para-hydroxylation sites is 1. The second-order valence-corrected chi connectivity index (χ2v) is 5.74. The zero-order chi connectivity index (χ0) is 14.7. The van der Waals surface area contributed by atoms with Crippen LogP contribution in [0, 0.1) is 0 Å². The maximum Gasteiger partial charge on any atom is 0.123 e. The minimum Gasteiger partial charge on any atom is -0.488 e. The first-order valence-corrected chi connectivity index (χ1v) is 7.79. The maximum atomic E-state index is 6.11. The molecule has 0 bridgehead atoms. The Kier molecular flexibility index (Phi) is 4.26. The average Bonchev–Trinajstić information content (AvgIpc) is 2.97. The van der Waals surface area contributed by atoms with Gasteiger partial charge in [0.05, 0.1) is 0 Å². The highest BCUT2D eigenvalue weighted by molar-refractivity contribution is 5.38. The normalized spacial score (nSPS) is 18.1. The largest absolute Gasteiger partial charge is 0.488 e. The van der Waals surface area contributed by atoms with Crippen molar-refractivity contribution in [3.63, 3.8) is 0 Å². The molecule has 0 saturated carbocycles. The van der Waals surface area contributed by atoms with Crippen LogP contribution in [0.5, 0.6) is 5.75 Å². The summed E-state index contributed by atoms with van der Waals surface area (Å²) in [7, 11) is 2.03. The van der Waals surface area contributed by atoms with E-state index >= 15 is 0 Å². The Labute approximate surface area is 127 Å². The summed E-state index contributed by atoms with van der Waals surface area (Å²) in [5, 5.41) is 3.43. The van der Waals surface area contributed by atoms with Crippen molar-refractivity contribution in [3.05, 3.63) is 65.2 Å². The van der Waals surface area contributed by atoms with Crippen LogP contribution in [0.25, 0.3) is 0 Å². The number of nitrogens with one attached hydrogen (secondary N) is 1. The highest BCUT2D eigenvalue weighted by Crippen LogP contribution is 2.30. The summed E-state index contributed by atoms with van der Waals surface area (Å²) in [5.74, 6) is 1.05. The van der Waals surface area contributed by atoms with Crippen molar-refractivity contribution in [1.29, 1.82) is 0 Å². The van der Waals surface area contributed by atoms with Gasteiger partial charge in [0.1, 0.15) is 11.9 Å². The number of benzene rings is 2. The van der Waals surface area contributed by atoms with E-state index in [4.69, 9.17) is 4.74 Å². The molecule has 110 valence electrons. The van der Waals surface area contributed by atoms with Gasteiger partial charge < -0.3 is 10.1 Å². The van der Waals surface area contributed by atoms with Crippen molar-refractivity contribution in [2.45, 2.75) is 38.3 Å². The molecule has 1 aliphatic rings. The highest BCUT2D eigenvalue weighted by atomic mass is 16.5. The van der Waals surface area contributed by atoms with Gasteiger partial charge in [0.2, 0.25) is 0 Å². The van der Waals surface area contributed by atoms with Gasteiger partial charge in [-0.3, -0.25) is 0 Å². The highest BCUT2D eigenvalue weighted by Gasteiger charge is 2.29. The maximum absolute atomic E-state index is 6.11. The van der Waals surface area contributed by atoms with Crippen LogP contribution >= 0.6 is 0 Å². The van der Waals surface area contributed by atoms with E-state index in [9.17, 15) is 0 Å². The number of hydrogen-bond acceptors (Lipinski definition) is 2. The van der Waals surface area contributed by atoms with Gasteiger partial charge in [0.15, 0.2) is 0 Å². The van der Waals surface area contributed by atoms with Gasteiger partial charge in [0.25, 0.3) is 0 Å².